The first-order valence-corrected chi connectivity index (χ1v) is 33.4. The molecular weight excluding hydrogens is 1430 g/mol. The summed E-state index contributed by atoms with van der Waals surface area (Å²) in [7, 11) is 0. The number of aliphatic hydroxyl groups is 16. The first kappa shape index (κ1) is 92.9. The minimum absolute atomic E-state index is 0.0676. The minimum atomic E-state index is -1.39. The summed E-state index contributed by atoms with van der Waals surface area (Å²) in [5.74, 6) is -6.27. The first-order valence-electron chi connectivity index (χ1n) is 33.4. The molecule has 7 aliphatic rings. The Kier molecular flexibility index (Phi) is 39.3. The highest BCUT2D eigenvalue weighted by Gasteiger charge is 2.53. The van der Waals surface area contributed by atoms with Crippen LogP contribution in [0.5, 0.6) is 0 Å². The van der Waals surface area contributed by atoms with Gasteiger partial charge in [-0.25, -0.2) is 0 Å². The van der Waals surface area contributed by atoms with Crippen LogP contribution in [0.3, 0.4) is 0 Å². The maximum absolute atomic E-state index is 11.9. The van der Waals surface area contributed by atoms with Gasteiger partial charge in [-0.15, -0.1) is 0 Å². The molecule has 7 fully saturated rings. The third-order valence-electron chi connectivity index (χ3n) is 18.0. The Hall–Kier alpha value is -4.50. The van der Waals surface area contributed by atoms with Crippen LogP contribution in [-0.4, -0.2) is 399 Å². The number of hydrogen-bond donors (Lipinski definition) is 23. The SMILES string of the molecule is CC(=O)OCC1OC(OC(C)=O)C(N)C(OC(C)=O)C1COCC1OC(COC(C)=O)C(OC(C)=O)C(OC(C)=O)C1N.NC1C(COCC2C(CO)OC(O)C(N)C2O)OC(CO)C(O)C1O.NC1C(COCC2C(CO)OC(O)C(N)C2O)OC(CO)C(O)C1O.NC1C(O)OC(CO)C(O)C1O. The normalized spacial score (nSPS) is 41.9. The molecule has 0 saturated carbocycles. The summed E-state index contributed by atoms with van der Waals surface area (Å²) in [5.41, 5.74) is 40.8. The molecule has 7 rings (SSSR count). The summed E-state index contributed by atoms with van der Waals surface area (Å²) in [6, 6.07) is -7.18. The molecule has 0 aliphatic carbocycles. The molecule has 0 aromatic rings. The van der Waals surface area contributed by atoms with Crippen molar-refractivity contribution in [2.75, 3.05) is 85.9 Å². The fraction of sp³-hybridized carbons (Fsp3) is 0.900. The Morgan fingerprint density at radius 3 is 0.943 bits per heavy atom. The lowest BCUT2D eigenvalue weighted by molar-refractivity contribution is -0.258. The number of esters is 6. The zero-order valence-corrected chi connectivity index (χ0v) is 58.6. The number of aliphatic hydroxyl groups excluding tert-OH is 16. The summed E-state index contributed by atoms with van der Waals surface area (Å²) < 4.78 is 85.9. The molecule has 45 nitrogen and oxygen atoms in total. The molecule has 35 unspecified atom stereocenters. The Morgan fingerprint density at radius 1 is 0.267 bits per heavy atom. The van der Waals surface area contributed by atoms with Gasteiger partial charge >= 0.3 is 35.8 Å². The third kappa shape index (κ3) is 26.3. The van der Waals surface area contributed by atoms with Crippen molar-refractivity contribution in [2.45, 2.75) is 237 Å². The zero-order valence-electron chi connectivity index (χ0n) is 58.6. The van der Waals surface area contributed by atoms with E-state index in [2.05, 4.69) is 0 Å². The van der Waals surface area contributed by atoms with Crippen LogP contribution < -0.4 is 40.1 Å². The predicted octanol–water partition coefficient (Wildman–Crippen LogP) is -15.4. The fourth-order valence-electron chi connectivity index (χ4n) is 12.1. The van der Waals surface area contributed by atoms with Crippen LogP contribution in [0.4, 0.5) is 0 Å². The van der Waals surface area contributed by atoms with Crippen molar-refractivity contribution in [3.05, 3.63) is 0 Å². The molecule has 45 heteroatoms. The van der Waals surface area contributed by atoms with Gasteiger partial charge in [0, 0.05) is 53.4 Å². The van der Waals surface area contributed by atoms with E-state index in [0.29, 0.717) is 0 Å². The van der Waals surface area contributed by atoms with Crippen molar-refractivity contribution >= 4 is 35.8 Å². The molecule has 0 aromatic heterocycles. The van der Waals surface area contributed by atoms with Gasteiger partial charge in [-0.3, -0.25) is 28.8 Å². The van der Waals surface area contributed by atoms with Gasteiger partial charge in [-0.1, -0.05) is 0 Å². The second-order valence-electron chi connectivity index (χ2n) is 25.8. The third-order valence-corrected chi connectivity index (χ3v) is 18.0. The van der Waals surface area contributed by atoms with E-state index in [-0.39, 0.29) is 52.9 Å². The Bertz CT molecular complexity index is 2540. The largest absolute Gasteiger partial charge is 0.463 e. The molecule has 0 amide bonds. The lowest BCUT2D eigenvalue weighted by Crippen LogP contribution is -2.65. The van der Waals surface area contributed by atoms with Crippen molar-refractivity contribution in [1.82, 2.24) is 0 Å². The standard InChI is InChI=1S/C26H40N2O15.2C14H28N2O9.C6H13NO5/c1-11(29)36-9-18-17(23(38-13(3)31)22(28)26(43-18)41-16(6)34)7-35-8-19-21(27)25(40-15(5)33)24(39-14(4)32)20(42-19)10-37-12(2)30;2*15-9-8(24-7(2-18)12(20)13(9)21)4-23-3-5-6(1-17)25-14(22)10(16)11(5)19;7-3-5(10)4(9)2(1-8)12-6(3)11/h17-26H,7-10,27-28H2,1-6H3;2*5-14,17-22H,1-4,15-16H2;2-6,8-11H,1,7H2. The van der Waals surface area contributed by atoms with Gasteiger partial charge in [0.25, 0.3) is 0 Å². The van der Waals surface area contributed by atoms with E-state index in [4.69, 9.17) is 126 Å². The number of rotatable bonds is 25. The van der Waals surface area contributed by atoms with Crippen LogP contribution >= 0.6 is 0 Å². The van der Waals surface area contributed by atoms with E-state index in [1.807, 2.05) is 0 Å². The molecular formula is C60H109N7O38. The van der Waals surface area contributed by atoms with Gasteiger partial charge in [0.15, 0.2) is 31.1 Å². The van der Waals surface area contributed by atoms with Crippen molar-refractivity contribution < 1.29 is 186 Å². The predicted molar refractivity (Wildman–Crippen MR) is 341 cm³/mol. The van der Waals surface area contributed by atoms with Gasteiger partial charge in [0.2, 0.25) is 6.29 Å². The van der Waals surface area contributed by atoms with E-state index < -0.39 is 282 Å². The highest BCUT2D eigenvalue weighted by atomic mass is 16.7. The topological polar surface area (TPSA) is 756 Å². The lowest BCUT2D eigenvalue weighted by Gasteiger charge is -2.45. The number of carbonyl (C=O) groups excluding carboxylic acids is 6. The van der Waals surface area contributed by atoms with Crippen molar-refractivity contribution in [3.63, 3.8) is 0 Å². The Labute approximate surface area is 601 Å². The molecule has 7 heterocycles. The van der Waals surface area contributed by atoms with Crippen molar-refractivity contribution in [2.24, 2.45) is 57.9 Å². The average molecular weight is 1540 g/mol. The van der Waals surface area contributed by atoms with E-state index in [1.54, 1.807) is 0 Å². The van der Waals surface area contributed by atoms with Crippen LogP contribution in [0, 0.1) is 17.8 Å². The van der Waals surface area contributed by atoms with Crippen LogP contribution in [0.1, 0.15) is 41.5 Å². The van der Waals surface area contributed by atoms with Gasteiger partial charge < -0.3 is 198 Å². The number of nitrogens with two attached hydrogens (primary N) is 7. The summed E-state index contributed by atoms with van der Waals surface area (Å²) >= 11 is 0. The first-order chi connectivity index (χ1) is 49.3. The highest BCUT2D eigenvalue weighted by molar-refractivity contribution is 5.68. The fourth-order valence-corrected chi connectivity index (χ4v) is 12.1. The molecule has 612 valence electrons. The molecule has 105 heavy (non-hydrogen) atoms. The molecule has 7 saturated heterocycles. The van der Waals surface area contributed by atoms with Crippen LogP contribution in [0.2, 0.25) is 0 Å². The van der Waals surface area contributed by atoms with Crippen LogP contribution in [0.15, 0.2) is 0 Å². The summed E-state index contributed by atoms with van der Waals surface area (Å²) in [6.07, 6.45) is -28.2. The van der Waals surface area contributed by atoms with Crippen LogP contribution in [0.25, 0.3) is 0 Å². The molecule has 7 aliphatic heterocycles. The molecule has 35 atom stereocenters. The van der Waals surface area contributed by atoms with Gasteiger partial charge in [-0.2, -0.15) is 0 Å². The maximum Gasteiger partial charge on any atom is 0.304 e. The smallest absolute Gasteiger partial charge is 0.304 e. The average Bonchev–Trinajstić information content (AvgIpc) is 0.810. The van der Waals surface area contributed by atoms with E-state index in [1.165, 1.54) is 13.8 Å². The van der Waals surface area contributed by atoms with Crippen LogP contribution in [-0.2, 0) is 105 Å². The quantitative estimate of drug-likeness (QED) is 0.0298. The molecule has 0 bridgehead atoms. The molecule has 0 spiro atoms. The Morgan fingerprint density at radius 2 is 0.571 bits per heavy atom. The lowest BCUT2D eigenvalue weighted by atomic mass is 9.88. The molecule has 0 radical (unpaired) electrons. The van der Waals surface area contributed by atoms with E-state index >= 15 is 0 Å². The van der Waals surface area contributed by atoms with E-state index in [9.17, 15) is 100 Å². The second-order valence-corrected chi connectivity index (χ2v) is 25.8. The highest BCUT2D eigenvalue weighted by Crippen LogP contribution is 2.33. The number of ether oxygens (including phenoxy) is 16. The van der Waals surface area contributed by atoms with E-state index in [0.717, 1.165) is 27.7 Å². The van der Waals surface area contributed by atoms with Gasteiger partial charge in [-0.05, 0) is 0 Å². The number of carbonyl (C=O) groups is 6. The van der Waals surface area contributed by atoms with Gasteiger partial charge in [0.05, 0.1) is 151 Å². The number of hydrogen-bond acceptors (Lipinski definition) is 45. The summed E-state index contributed by atoms with van der Waals surface area (Å²) in [4.78, 5) is 70.2. The maximum atomic E-state index is 11.9. The van der Waals surface area contributed by atoms with Crippen molar-refractivity contribution in [1.29, 1.82) is 0 Å². The molecule has 0 aromatic carbocycles. The van der Waals surface area contributed by atoms with Gasteiger partial charge in [0.1, 0.15) is 98.6 Å². The van der Waals surface area contributed by atoms with Crippen molar-refractivity contribution in [3.8, 4) is 0 Å². The minimum Gasteiger partial charge on any atom is -0.463 e. The monoisotopic (exact) mass is 1540 g/mol. The zero-order chi connectivity index (χ0) is 79.2. The Balaban J connectivity index is 0.000000322. The summed E-state index contributed by atoms with van der Waals surface area (Å²) in [5, 5.41) is 152. The summed E-state index contributed by atoms with van der Waals surface area (Å²) in [6.45, 7) is 3.21. The second kappa shape index (κ2) is 44.4. The molecule has 30 N–H and O–H groups in total.